The van der Waals surface area contributed by atoms with Gasteiger partial charge in [-0.3, -0.25) is 9.59 Å². The van der Waals surface area contributed by atoms with Crippen molar-refractivity contribution in [3.63, 3.8) is 0 Å². The van der Waals surface area contributed by atoms with Crippen LogP contribution in [0.4, 0.5) is 11.4 Å². The maximum Gasteiger partial charge on any atom is 0.239 e. The van der Waals surface area contributed by atoms with Crippen LogP contribution >= 0.6 is 0 Å². The Morgan fingerprint density at radius 3 is 2.43 bits per heavy atom. The Bertz CT molecular complexity index is 879. The maximum absolute atomic E-state index is 12.8. The van der Waals surface area contributed by atoms with Gasteiger partial charge in [0.2, 0.25) is 11.8 Å². The summed E-state index contributed by atoms with van der Waals surface area (Å²) in [7, 11) is 0. The van der Waals surface area contributed by atoms with E-state index < -0.39 is 17.2 Å². The van der Waals surface area contributed by atoms with Gasteiger partial charge in [-0.15, -0.1) is 0 Å². The van der Waals surface area contributed by atoms with E-state index in [1.807, 2.05) is 13.0 Å². The first-order valence-corrected chi connectivity index (χ1v) is 9.16. The number of nitrogens with one attached hydrogen (secondary N) is 2. The highest BCUT2D eigenvalue weighted by Crippen LogP contribution is 2.33. The largest absolute Gasteiger partial charge is 0.492 e. The minimum Gasteiger partial charge on any atom is -0.492 e. The predicted octanol–water partition coefficient (Wildman–Crippen LogP) is 3.46. The summed E-state index contributed by atoms with van der Waals surface area (Å²) in [4.78, 5) is 25.6. The van der Waals surface area contributed by atoms with E-state index in [2.05, 4.69) is 10.6 Å². The van der Waals surface area contributed by atoms with Crippen molar-refractivity contribution in [2.24, 2.45) is 5.41 Å². The summed E-state index contributed by atoms with van der Waals surface area (Å²) in [5.74, 6) is 0.886. The molecule has 1 heterocycles. The Labute approximate surface area is 164 Å². The van der Waals surface area contributed by atoms with Crippen molar-refractivity contribution in [2.75, 3.05) is 30.5 Å². The number of anilines is 2. The molecule has 7 nitrogen and oxygen atoms in total. The van der Waals surface area contributed by atoms with Crippen LogP contribution < -0.4 is 24.8 Å². The zero-order valence-corrected chi connectivity index (χ0v) is 16.2. The molecule has 7 heteroatoms. The van der Waals surface area contributed by atoms with E-state index in [0.717, 1.165) is 0 Å². The highest BCUT2D eigenvalue weighted by atomic mass is 16.6. The summed E-state index contributed by atoms with van der Waals surface area (Å²) in [6.07, 6.45) is 0. The number of amides is 2. The smallest absolute Gasteiger partial charge is 0.239 e. The second-order valence-corrected chi connectivity index (χ2v) is 6.82. The van der Waals surface area contributed by atoms with Crippen molar-refractivity contribution in [3.8, 4) is 17.2 Å². The summed E-state index contributed by atoms with van der Waals surface area (Å²) in [5.41, 5.74) is -0.258. The molecule has 0 radical (unpaired) electrons. The van der Waals surface area contributed by atoms with Crippen LogP contribution in [0.2, 0.25) is 0 Å². The van der Waals surface area contributed by atoms with Gasteiger partial charge in [0, 0.05) is 11.8 Å². The fraction of sp³-hybridized carbons (Fsp3) is 0.333. The number of para-hydroxylation sites is 2. The summed E-state index contributed by atoms with van der Waals surface area (Å²) < 4.78 is 16.5. The number of rotatable bonds is 6. The lowest BCUT2D eigenvalue weighted by molar-refractivity contribution is -0.135. The topological polar surface area (TPSA) is 85.9 Å². The van der Waals surface area contributed by atoms with Crippen molar-refractivity contribution >= 4 is 23.2 Å². The molecule has 2 N–H and O–H groups in total. The van der Waals surface area contributed by atoms with Crippen molar-refractivity contribution in [2.45, 2.75) is 20.8 Å². The van der Waals surface area contributed by atoms with E-state index in [1.165, 1.54) is 0 Å². The Morgan fingerprint density at radius 2 is 1.68 bits per heavy atom. The number of carbonyl (C=O) groups is 2. The Morgan fingerprint density at radius 1 is 1.00 bits per heavy atom. The van der Waals surface area contributed by atoms with Gasteiger partial charge in [-0.1, -0.05) is 12.1 Å². The van der Waals surface area contributed by atoms with Gasteiger partial charge in [-0.05, 0) is 45.0 Å². The summed E-state index contributed by atoms with van der Waals surface area (Å²) in [6, 6.07) is 12.2. The number of fused-ring (bicyclic) bond motifs is 1. The number of carbonyl (C=O) groups excluding carboxylic acids is 2. The van der Waals surface area contributed by atoms with Crippen LogP contribution in [0.15, 0.2) is 42.5 Å². The molecule has 2 aromatic carbocycles. The fourth-order valence-corrected chi connectivity index (χ4v) is 2.64. The third-order valence-electron chi connectivity index (χ3n) is 4.37. The highest BCUT2D eigenvalue weighted by Gasteiger charge is 2.36. The lowest BCUT2D eigenvalue weighted by Crippen LogP contribution is -2.41. The van der Waals surface area contributed by atoms with Gasteiger partial charge in [-0.25, -0.2) is 0 Å². The van der Waals surface area contributed by atoms with Crippen LogP contribution in [0.3, 0.4) is 0 Å². The van der Waals surface area contributed by atoms with Crippen molar-refractivity contribution in [1.82, 2.24) is 0 Å². The Kier molecular flexibility index (Phi) is 5.73. The lowest BCUT2D eigenvalue weighted by atomic mass is 9.90. The number of hydrogen-bond donors (Lipinski definition) is 2. The molecule has 3 rings (SSSR count). The third-order valence-corrected chi connectivity index (χ3v) is 4.37. The number of ether oxygens (including phenoxy) is 3. The molecule has 0 aromatic heterocycles. The summed E-state index contributed by atoms with van der Waals surface area (Å²) in [5, 5.41) is 5.55. The van der Waals surface area contributed by atoms with E-state index in [-0.39, 0.29) is 0 Å². The predicted molar refractivity (Wildman–Crippen MR) is 106 cm³/mol. The molecule has 2 aromatic rings. The zero-order chi connectivity index (χ0) is 20.1. The minimum absolute atomic E-state index is 0.435. The van der Waals surface area contributed by atoms with Crippen LogP contribution in [0.25, 0.3) is 0 Å². The molecule has 148 valence electrons. The van der Waals surface area contributed by atoms with Gasteiger partial charge >= 0.3 is 0 Å². The van der Waals surface area contributed by atoms with Crippen molar-refractivity contribution < 1.29 is 23.8 Å². The van der Waals surface area contributed by atoms with Crippen molar-refractivity contribution in [3.05, 3.63) is 42.5 Å². The second kappa shape index (κ2) is 8.21. The lowest BCUT2D eigenvalue weighted by Gasteiger charge is -2.24. The van der Waals surface area contributed by atoms with Crippen LogP contribution in [0.1, 0.15) is 20.8 Å². The van der Waals surface area contributed by atoms with Crippen LogP contribution in [0, 0.1) is 5.41 Å². The highest BCUT2D eigenvalue weighted by molar-refractivity contribution is 6.14. The third kappa shape index (κ3) is 4.19. The number of hydrogen-bond acceptors (Lipinski definition) is 5. The van der Waals surface area contributed by atoms with Gasteiger partial charge in [0.05, 0.1) is 12.3 Å². The molecular weight excluding hydrogens is 360 g/mol. The monoisotopic (exact) mass is 384 g/mol. The molecule has 0 saturated heterocycles. The van der Waals surface area contributed by atoms with Crippen LogP contribution in [-0.4, -0.2) is 31.6 Å². The first-order valence-electron chi connectivity index (χ1n) is 9.16. The molecule has 0 fully saturated rings. The first-order chi connectivity index (χ1) is 13.4. The summed E-state index contributed by atoms with van der Waals surface area (Å²) >= 11 is 0. The molecule has 0 unspecified atom stereocenters. The molecule has 2 amide bonds. The molecule has 0 atom stereocenters. The van der Waals surface area contributed by atoms with E-state index in [1.54, 1.807) is 50.2 Å². The zero-order valence-electron chi connectivity index (χ0n) is 16.2. The second-order valence-electron chi connectivity index (χ2n) is 6.82. The molecule has 1 aliphatic heterocycles. The average Bonchev–Trinajstić information content (AvgIpc) is 2.69. The molecule has 0 bridgehead atoms. The summed E-state index contributed by atoms with van der Waals surface area (Å²) in [6.45, 7) is 6.43. The van der Waals surface area contributed by atoms with Crippen LogP contribution in [0.5, 0.6) is 17.2 Å². The standard InChI is InChI=1S/C21H24N2O5/c1-4-26-16-8-6-5-7-15(16)23-20(25)21(2,3)19(24)22-14-9-10-17-18(13-14)28-12-11-27-17/h5-10,13H,4,11-12H2,1-3H3,(H,22,24)(H,23,25). The van der Waals surface area contributed by atoms with Gasteiger partial charge in [-0.2, -0.15) is 0 Å². The quantitative estimate of drug-likeness (QED) is 0.745. The fourth-order valence-electron chi connectivity index (χ4n) is 2.64. The van der Waals surface area contributed by atoms with Gasteiger partial charge < -0.3 is 24.8 Å². The minimum atomic E-state index is -1.31. The van der Waals surface area contributed by atoms with Gasteiger partial charge in [0.1, 0.15) is 24.4 Å². The first kappa shape index (κ1) is 19.5. The van der Waals surface area contributed by atoms with E-state index in [9.17, 15) is 9.59 Å². The van der Waals surface area contributed by atoms with E-state index in [4.69, 9.17) is 14.2 Å². The normalized spacial score (nSPS) is 12.8. The van der Waals surface area contributed by atoms with Gasteiger partial charge in [0.15, 0.2) is 11.5 Å². The van der Waals surface area contributed by atoms with Gasteiger partial charge in [0.25, 0.3) is 0 Å². The molecule has 0 spiro atoms. The maximum atomic E-state index is 12.8. The van der Waals surface area contributed by atoms with Crippen molar-refractivity contribution in [1.29, 1.82) is 0 Å². The van der Waals surface area contributed by atoms with Crippen LogP contribution in [-0.2, 0) is 9.59 Å². The average molecular weight is 384 g/mol. The molecule has 0 aliphatic carbocycles. The number of benzene rings is 2. The molecule has 1 aliphatic rings. The molecule has 0 saturated carbocycles. The molecular formula is C21H24N2O5. The Balaban J connectivity index is 1.71. The SMILES string of the molecule is CCOc1ccccc1NC(=O)C(C)(C)C(=O)Nc1ccc2c(c1)OCCO2. The Hall–Kier alpha value is -3.22. The van der Waals surface area contributed by atoms with E-state index in [0.29, 0.717) is 48.4 Å². The van der Waals surface area contributed by atoms with E-state index >= 15 is 0 Å². The molecule has 28 heavy (non-hydrogen) atoms.